The van der Waals surface area contributed by atoms with E-state index in [-0.39, 0.29) is 5.56 Å². The summed E-state index contributed by atoms with van der Waals surface area (Å²) in [5, 5.41) is 0.682. The van der Waals surface area contributed by atoms with Crippen LogP contribution in [0, 0.1) is 0 Å². The first-order chi connectivity index (χ1) is 16.3. The van der Waals surface area contributed by atoms with Gasteiger partial charge >= 0.3 is 0 Å². The highest BCUT2D eigenvalue weighted by Gasteiger charge is 2.16. The van der Waals surface area contributed by atoms with Crippen LogP contribution in [0.1, 0.15) is 0 Å². The van der Waals surface area contributed by atoms with Gasteiger partial charge in [0.25, 0.3) is 5.56 Å². The molecule has 156 valence electrons. The van der Waals surface area contributed by atoms with Gasteiger partial charge in [-0.2, -0.15) is 0 Å². The van der Waals surface area contributed by atoms with Gasteiger partial charge in [0.2, 0.25) is 0 Å². The fourth-order valence-electron chi connectivity index (χ4n) is 4.47. The number of para-hydroxylation sites is 5. The molecule has 3 heterocycles. The van der Waals surface area contributed by atoms with E-state index in [1.54, 1.807) is 4.40 Å². The van der Waals surface area contributed by atoms with Crippen LogP contribution < -0.4 is 5.56 Å². The first-order valence-electron chi connectivity index (χ1n) is 10.7. The van der Waals surface area contributed by atoms with Gasteiger partial charge in [-0.3, -0.25) is 9.36 Å². The highest BCUT2D eigenvalue weighted by Crippen LogP contribution is 2.32. The molecule has 33 heavy (non-hydrogen) atoms. The highest BCUT2D eigenvalue weighted by molar-refractivity contribution is 7.23. The van der Waals surface area contributed by atoms with Crippen LogP contribution >= 0.6 is 11.3 Å². The summed E-state index contributed by atoms with van der Waals surface area (Å²) >= 11 is 1.52. The van der Waals surface area contributed by atoms with Crippen LogP contribution in [-0.2, 0) is 0 Å². The zero-order valence-corrected chi connectivity index (χ0v) is 18.2. The van der Waals surface area contributed by atoms with Gasteiger partial charge in [0.05, 0.1) is 27.5 Å². The Morgan fingerprint density at radius 1 is 0.697 bits per heavy atom. The predicted octanol–water partition coefficient (Wildman–Crippen LogP) is 6.07. The normalized spacial score (nSPS) is 11.8. The predicted molar refractivity (Wildman–Crippen MR) is 134 cm³/mol. The number of aromatic nitrogens is 4. The van der Waals surface area contributed by atoms with Gasteiger partial charge in [-0.1, -0.05) is 59.9 Å². The summed E-state index contributed by atoms with van der Waals surface area (Å²) < 4.78 is 4.77. The zero-order chi connectivity index (χ0) is 21.9. The summed E-state index contributed by atoms with van der Waals surface area (Å²) in [5.41, 5.74) is 5.60. The number of rotatable bonds is 2. The number of hydrogen-bond acceptors (Lipinski definition) is 4. The minimum absolute atomic E-state index is 0.0458. The molecular weight excluding hydrogens is 428 g/mol. The van der Waals surface area contributed by atoms with Crippen molar-refractivity contribution in [2.45, 2.75) is 0 Å². The number of fused-ring (bicyclic) bond motifs is 5. The van der Waals surface area contributed by atoms with E-state index in [1.165, 1.54) is 11.3 Å². The molecule has 0 unspecified atom stereocenters. The van der Waals surface area contributed by atoms with E-state index < -0.39 is 0 Å². The van der Waals surface area contributed by atoms with E-state index in [4.69, 9.17) is 4.98 Å². The van der Waals surface area contributed by atoms with Crippen LogP contribution in [0.5, 0.6) is 0 Å². The molecule has 0 aliphatic rings. The van der Waals surface area contributed by atoms with Crippen LogP contribution in [0.15, 0.2) is 102 Å². The summed E-state index contributed by atoms with van der Waals surface area (Å²) in [6.45, 7) is 0. The molecule has 0 radical (unpaired) electrons. The Morgan fingerprint density at radius 2 is 1.39 bits per heavy atom. The Kier molecular flexibility index (Phi) is 3.80. The van der Waals surface area contributed by atoms with E-state index in [0.29, 0.717) is 10.3 Å². The largest absolute Gasteiger partial charge is 0.292 e. The lowest BCUT2D eigenvalue weighted by Crippen LogP contribution is -2.11. The topological polar surface area (TPSA) is 52.2 Å². The molecule has 6 heteroatoms. The third-order valence-corrected chi connectivity index (χ3v) is 6.99. The molecule has 3 aromatic heterocycles. The van der Waals surface area contributed by atoms with Gasteiger partial charge in [-0.25, -0.2) is 14.4 Å². The average molecular weight is 445 g/mol. The number of nitrogens with zero attached hydrogens (tertiary/aromatic N) is 4. The number of benzene rings is 4. The molecule has 7 aromatic rings. The molecule has 0 saturated heterocycles. The van der Waals surface area contributed by atoms with Crippen molar-refractivity contribution in [3.63, 3.8) is 0 Å². The third kappa shape index (κ3) is 2.68. The maximum atomic E-state index is 13.3. The molecule has 0 aliphatic heterocycles. The van der Waals surface area contributed by atoms with E-state index in [1.807, 2.05) is 72.8 Å². The Labute approximate surface area is 191 Å². The molecule has 0 bridgehead atoms. The van der Waals surface area contributed by atoms with Crippen molar-refractivity contribution in [1.82, 2.24) is 18.9 Å². The third-order valence-electron chi connectivity index (χ3n) is 5.98. The molecule has 4 aromatic carbocycles. The van der Waals surface area contributed by atoms with Crippen molar-refractivity contribution in [1.29, 1.82) is 0 Å². The van der Waals surface area contributed by atoms with Crippen LogP contribution in [0.2, 0.25) is 0 Å². The van der Waals surface area contributed by atoms with Crippen molar-refractivity contribution < 1.29 is 0 Å². The smallest absolute Gasteiger partial charge is 0.266 e. The molecule has 0 spiro atoms. The maximum absolute atomic E-state index is 13.3. The SMILES string of the molecule is O=c1c2ccc(-c3nc4ccccc4n3-c3ccccc3)cc2sc2nc3ccccc3n12. The first-order valence-corrected chi connectivity index (χ1v) is 11.5. The average Bonchev–Trinajstić information content (AvgIpc) is 3.43. The van der Waals surface area contributed by atoms with Crippen LogP contribution in [-0.4, -0.2) is 18.9 Å². The molecule has 0 amide bonds. The van der Waals surface area contributed by atoms with E-state index in [9.17, 15) is 4.79 Å². The number of imidazole rings is 2. The van der Waals surface area contributed by atoms with Gasteiger partial charge in [0, 0.05) is 16.0 Å². The second kappa shape index (κ2) is 6.85. The van der Waals surface area contributed by atoms with E-state index in [0.717, 1.165) is 43.8 Å². The Hall–Kier alpha value is -4.29. The minimum atomic E-state index is -0.0458. The fourth-order valence-corrected chi connectivity index (χ4v) is 5.53. The van der Waals surface area contributed by atoms with Crippen LogP contribution in [0.3, 0.4) is 0 Å². The van der Waals surface area contributed by atoms with Crippen molar-refractivity contribution in [2.24, 2.45) is 0 Å². The van der Waals surface area contributed by atoms with Gasteiger partial charge < -0.3 is 0 Å². The van der Waals surface area contributed by atoms with Gasteiger partial charge in [-0.05, 0) is 48.5 Å². The molecule has 0 aliphatic carbocycles. The van der Waals surface area contributed by atoms with Gasteiger partial charge in [0.15, 0.2) is 4.96 Å². The Balaban J connectivity index is 1.52. The Morgan fingerprint density at radius 3 is 2.21 bits per heavy atom. The second-order valence-electron chi connectivity index (χ2n) is 7.93. The summed E-state index contributed by atoms with van der Waals surface area (Å²) in [7, 11) is 0. The van der Waals surface area contributed by atoms with Crippen molar-refractivity contribution >= 4 is 48.5 Å². The van der Waals surface area contributed by atoms with Crippen LogP contribution in [0.25, 0.3) is 54.2 Å². The molecule has 0 fully saturated rings. The van der Waals surface area contributed by atoms with Gasteiger partial charge in [0.1, 0.15) is 5.82 Å². The molecule has 7 rings (SSSR count). The lowest BCUT2D eigenvalue weighted by molar-refractivity contribution is 1.10. The minimum Gasteiger partial charge on any atom is -0.292 e. The van der Waals surface area contributed by atoms with Crippen molar-refractivity contribution in [3.8, 4) is 17.1 Å². The monoisotopic (exact) mass is 444 g/mol. The first kappa shape index (κ1) is 18.3. The van der Waals surface area contributed by atoms with Crippen LogP contribution in [0.4, 0.5) is 0 Å². The molecule has 0 atom stereocenters. The lowest BCUT2D eigenvalue weighted by atomic mass is 10.1. The van der Waals surface area contributed by atoms with Crippen molar-refractivity contribution in [3.05, 3.63) is 107 Å². The van der Waals surface area contributed by atoms with Gasteiger partial charge in [-0.15, -0.1) is 0 Å². The zero-order valence-electron chi connectivity index (χ0n) is 17.3. The summed E-state index contributed by atoms with van der Waals surface area (Å²) in [5.74, 6) is 0.845. The summed E-state index contributed by atoms with van der Waals surface area (Å²) in [6, 6.07) is 32.1. The highest BCUT2D eigenvalue weighted by atomic mass is 32.1. The molecule has 5 nitrogen and oxygen atoms in total. The van der Waals surface area contributed by atoms with Crippen molar-refractivity contribution in [2.75, 3.05) is 0 Å². The molecule has 0 saturated carbocycles. The Bertz CT molecular complexity index is 1900. The molecular formula is C27H16N4OS. The number of hydrogen-bond donors (Lipinski definition) is 0. The lowest BCUT2D eigenvalue weighted by Gasteiger charge is -2.10. The standard InChI is InChI=1S/C27H16N4OS/c32-26-19-15-14-17(16-24(19)33-27-29-21-11-5-7-13-23(21)31(26)27)25-28-20-10-4-6-12-22(20)30(25)18-8-2-1-3-9-18/h1-16H. The summed E-state index contributed by atoms with van der Waals surface area (Å²) in [6.07, 6.45) is 0. The second-order valence-corrected chi connectivity index (χ2v) is 8.94. The molecule has 0 N–H and O–H groups in total. The maximum Gasteiger partial charge on any atom is 0.266 e. The summed E-state index contributed by atoms with van der Waals surface area (Å²) in [4.78, 5) is 23.7. The quantitative estimate of drug-likeness (QED) is 0.325. The van der Waals surface area contributed by atoms with E-state index in [2.05, 4.69) is 33.8 Å². The van der Waals surface area contributed by atoms with E-state index >= 15 is 0 Å². The fraction of sp³-hybridized carbons (Fsp3) is 0.